The highest BCUT2D eigenvalue weighted by atomic mass is 16.4. The van der Waals surface area contributed by atoms with Crippen molar-refractivity contribution < 1.29 is 19.9 Å². The lowest BCUT2D eigenvalue weighted by molar-refractivity contribution is -0.148. The molecule has 0 heterocycles. The van der Waals surface area contributed by atoms with Crippen molar-refractivity contribution in [1.29, 1.82) is 0 Å². The van der Waals surface area contributed by atoms with E-state index in [2.05, 4.69) is 0 Å². The summed E-state index contributed by atoms with van der Waals surface area (Å²) in [6.07, 6.45) is 2.86. The van der Waals surface area contributed by atoms with E-state index in [0.717, 1.165) is 12.8 Å². The van der Waals surface area contributed by atoms with Crippen molar-refractivity contribution >= 4 is 13.1 Å². The smallest absolute Gasteiger partial charge is 0.451 e. The summed E-state index contributed by atoms with van der Waals surface area (Å²) in [6.45, 7) is 0. The quantitative estimate of drug-likeness (QED) is 0.489. The minimum atomic E-state index is -1.33. The highest BCUT2D eigenvalue weighted by molar-refractivity contribution is 6.40. The number of nitrogens with zero attached hydrogens (tertiary/aromatic N) is 1. The van der Waals surface area contributed by atoms with Crippen molar-refractivity contribution in [2.45, 2.75) is 43.6 Å². The average Bonchev–Trinajstić information content (AvgIpc) is 2.25. The minimum Gasteiger partial charge on any atom is -0.480 e. The van der Waals surface area contributed by atoms with Crippen LogP contribution in [0.1, 0.15) is 25.7 Å². The van der Waals surface area contributed by atoms with E-state index in [9.17, 15) is 9.90 Å². The first-order valence-electron chi connectivity index (χ1n) is 6.32. The van der Waals surface area contributed by atoms with Gasteiger partial charge in [-0.25, -0.2) is 0 Å². The monoisotopic (exact) mass is 258 g/mol. The Morgan fingerprint density at radius 2 is 2.06 bits per heavy atom. The van der Waals surface area contributed by atoms with Crippen LogP contribution in [0.25, 0.3) is 0 Å². The lowest BCUT2D eigenvalue weighted by atomic mass is 9.68. The average molecular weight is 258 g/mol. The molecule has 0 aromatic carbocycles. The Balaban J connectivity index is 2.71. The number of aliphatic carboxylic acids is 1. The molecule has 0 bridgehead atoms. The summed E-state index contributed by atoms with van der Waals surface area (Å²) in [7, 11) is 2.36. The van der Waals surface area contributed by atoms with E-state index in [4.69, 9.17) is 15.8 Å². The topological polar surface area (TPSA) is 107 Å². The molecule has 18 heavy (non-hydrogen) atoms. The predicted octanol–water partition coefficient (Wildman–Crippen LogP) is -0.638. The molecule has 1 saturated carbocycles. The zero-order valence-corrected chi connectivity index (χ0v) is 11.0. The van der Waals surface area contributed by atoms with Crippen LogP contribution in [-0.2, 0) is 4.79 Å². The van der Waals surface area contributed by atoms with E-state index >= 15 is 0 Å². The minimum absolute atomic E-state index is 0.143. The number of rotatable bonds is 5. The molecule has 0 spiro atoms. The van der Waals surface area contributed by atoms with Crippen molar-refractivity contribution in [2.75, 3.05) is 14.1 Å². The maximum absolute atomic E-state index is 11.4. The summed E-state index contributed by atoms with van der Waals surface area (Å²) >= 11 is 0. The fourth-order valence-corrected chi connectivity index (χ4v) is 2.95. The van der Waals surface area contributed by atoms with E-state index in [0.29, 0.717) is 12.8 Å². The van der Waals surface area contributed by atoms with Gasteiger partial charge in [0.1, 0.15) is 5.54 Å². The first kappa shape index (κ1) is 15.4. The normalized spacial score (nSPS) is 32.6. The SMILES string of the molecule is CN(C)C1CCC(CCB(O)O)C[C@]1(N)C(=O)O. The van der Waals surface area contributed by atoms with E-state index in [1.165, 1.54) is 0 Å². The number of likely N-dealkylation sites (N-methyl/N-ethyl adjacent to an activating group) is 1. The van der Waals surface area contributed by atoms with Gasteiger partial charge in [-0.1, -0.05) is 6.42 Å². The maximum Gasteiger partial charge on any atom is 0.451 e. The molecule has 6 nitrogen and oxygen atoms in total. The summed E-state index contributed by atoms with van der Waals surface area (Å²) in [5.74, 6) is -0.834. The third-order valence-electron chi connectivity index (χ3n) is 3.92. The fraction of sp³-hybridized carbons (Fsp3) is 0.909. The van der Waals surface area contributed by atoms with Crippen LogP contribution in [0.5, 0.6) is 0 Å². The van der Waals surface area contributed by atoms with Crippen LogP contribution >= 0.6 is 0 Å². The Morgan fingerprint density at radius 1 is 1.44 bits per heavy atom. The van der Waals surface area contributed by atoms with Gasteiger partial charge in [0.2, 0.25) is 0 Å². The summed E-state index contributed by atoms with van der Waals surface area (Å²) in [5, 5.41) is 27.1. The van der Waals surface area contributed by atoms with Crippen LogP contribution < -0.4 is 5.73 Å². The van der Waals surface area contributed by atoms with E-state index in [1.807, 2.05) is 19.0 Å². The van der Waals surface area contributed by atoms with Crippen LogP contribution in [0.4, 0.5) is 0 Å². The second-order valence-electron chi connectivity index (χ2n) is 5.53. The molecule has 0 aromatic rings. The van der Waals surface area contributed by atoms with Gasteiger partial charge in [-0.3, -0.25) is 4.79 Å². The molecule has 1 aliphatic rings. The van der Waals surface area contributed by atoms with E-state index < -0.39 is 18.6 Å². The standard InChI is InChI=1S/C11H23BN2O4/c1-14(2)9-4-3-8(5-6-12(17)18)7-11(9,13)10(15)16/h8-9,17-18H,3-7,13H2,1-2H3,(H,15,16)/t8?,9?,11-/m1/s1. The van der Waals surface area contributed by atoms with Crippen molar-refractivity contribution in [3.05, 3.63) is 0 Å². The van der Waals surface area contributed by atoms with Gasteiger partial charge >= 0.3 is 13.1 Å². The molecule has 0 aliphatic heterocycles. The molecule has 7 heteroatoms. The number of carboxylic acids is 1. The molecule has 2 unspecified atom stereocenters. The number of carboxylic acid groups (broad SMARTS) is 1. The molecule has 5 N–H and O–H groups in total. The molecule has 0 amide bonds. The molecule has 0 saturated heterocycles. The van der Waals surface area contributed by atoms with Gasteiger partial charge < -0.3 is 25.8 Å². The van der Waals surface area contributed by atoms with Crippen LogP contribution in [0.2, 0.25) is 6.32 Å². The lowest BCUT2D eigenvalue weighted by Crippen LogP contribution is -2.64. The van der Waals surface area contributed by atoms with Crippen molar-refractivity contribution in [3.63, 3.8) is 0 Å². The Labute approximate surface area is 108 Å². The number of carbonyl (C=O) groups is 1. The molecular weight excluding hydrogens is 235 g/mol. The number of hydrogen-bond donors (Lipinski definition) is 4. The number of nitrogens with two attached hydrogens (primary N) is 1. The third-order valence-corrected chi connectivity index (χ3v) is 3.92. The molecule has 1 rings (SSSR count). The highest BCUT2D eigenvalue weighted by Crippen LogP contribution is 2.36. The molecule has 1 aliphatic carbocycles. The van der Waals surface area contributed by atoms with Gasteiger partial charge in [-0.05, 0) is 45.6 Å². The Morgan fingerprint density at radius 3 is 2.50 bits per heavy atom. The van der Waals surface area contributed by atoms with Gasteiger partial charge in [0.25, 0.3) is 0 Å². The highest BCUT2D eigenvalue weighted by Gasteiger charge is 2.47. The Bertz CT molecular complexity index is 301. The van der Waals surface area contributed by atoms with Crippen molar-refractivity contribution in [3.8, 4) is 0 Å². The Kier molecular flexibility index (Phi) is 5.15. The molecule has 104 valence electrons. The molecular formula is C11H23BN2O4. The van der Waals surface area contributed by atoms with Crippen LogP contribution in [0.3, 0.4) is 0 Å². The Hall–Kier alpha value is -0.625. The first-order valence-corrected chi connectivity index (χ1v) is 6.32. The number of hydrogen-bond acceptors (Lipinski definition) is 5. The zero-order chi connectivity index (χ0) is 13.9. The molecule has 1 fully saturated rings. The van der Waals surface area contributed by atoms with Gasteiger partial charge in [-0.15, -0.1) is 0 Å². The summed E-state index contributed by atoms with van der Waals surface area (Å²) in [6, 6.07) is -0.176. The van der Waals surface area contributed by atoms with Crippen molar-refractivity contribution in [2.24, 2.45) is 11.7 Å². The first-order chi connectivity index (χ1) is 8.27. The van der Waals surface area contributed by atoms with E-state index in [1.54, 1.807) is 0 Å². The molecule has 0 radical (unpaired) electrons. The summed E-state index contributed by atoms with van der Waals surface area (Å²) in [5.41, 5.74) is 4.83. The molecule has 3 atom stereocenters. The predicted molar refractivity (Wildman–Crippen MR) is 69.0 cm³/mol. The van der Waals surface area contributed by atoms with Gasteiger partial charge in [0.15, 0.2) is 0 Å². The van der Waals surface area contributed by atoms with Crippen LogP contribution in [0, 0.1) is 5.92 Å². The van der Waals surface area contributed by atoms with E-state index in [-0.39, 0.29) is 18.3 Å². The van der Waals surface area contributed by atoms with Gasteiger partial charge in [-0.2, -0.15) is 0 Å². The second-order valence-corrected chi connectivity index (χ2v) is 5.53. The van der Waals surface area contributed by atoms with Crippen molar-refractivity contribution in [1.82, 2.24) is 4.90 Å². The fourth-order valence-electron chi connectivity index (χ4n) is 2.95. The van der Waals surface area contributed by atoms with Crippen LogP contribution in [-0.4, -0.2) is 58.8 Å². The third kappa shape index (κ3) is 3.44. The maximum atomic E-state index is 11.4. The molecule has 0 aromatic heterocycles. The van der Waals surface area contributed by atoms with Gasteiger partial charge in [0, 0.05) is 6.04 Å². The zero-order valence-electron chi connectivity index (χ0n) is 11.0. The summed E-state index contributed by atoms with van der Waals surface area (Å²) in [4.78, 5) is 13.3. The van der Waals surface area contributed by atoms with Crippen LogP contribution in [0.15, 0.2) is 0 Å². The summed E-state index contributed by atoms with van der Waals surface area (Å²) < 4.78 is 0. The largest absolute Gasteiger partial charge is 0.480 e. The lowest BCUT2D eigenvalue weighted by Gasteiger charge is -2.44. The van der Waals surface area contributed by atoms with Gasteiger partial charge in [0.05, 0.1) is 0 Å². The second kappa shape index (κ2) is 6.01.